The Morgan fingerprint density at radius 1 is 1.12 bits per heavy atom. The molecule has 0 saturated heterocycles. The second-order valence-corrected chi connectivity index (χ2v) is 8.04. The normalized spacial score (nSPS) is 13.7. The first-order chi connectivity index (χ1) is 12.2. The Hall–Kier alpha value is -1.18. The van der Waals surface area contributed by atoms with Crippen LogP contribution in [0.15, 0.2) is 71.2 Å². The van der Waals surface area contributed by atoms with Crippen LogP contribution in [0.25, 0.3) is 0 Å². The summed E-state index contributed by atoms with van der Waals surface area (Å²) in [6.45, 7) is 3.09. The largest absolute Gasteiger partial charge is 0.495 e. The van der Waals surface area contributed by atoms with Gasteiger partial charge in [0.2, 0.25) is 0 Å². The molecule has 0 fully saturated rings. The summed E-state index contributed by atoms with van der Waals surface area (Å²) >= 11 is 2.32. The van der Waals surface area contributed by atoms with E-state index in [0.29, 0.717) is 13.2 Å². The first-order valence-corrected chi connectivity index (χ1v) is 10.9. The summed E-state index contributed by atoms with van der Waals surface area (Å²) in [6.07, 6.45) is 2.39. The van der Waals surface area contributed by atoms with Crippen molar-refractivity contribution in [3.63, 3.8) is 0 Å². The van der Waals surface area contributed by atoms with Crippen LogP contribution in [0.4, 0.5) is 0 Å². The minimum atomic E-state index is -1.20. The van der Waals surface area contributed by atoms with Gasteiger partial charge in [0.1, 0.15) is 6.10 Å². The van der Waals surface area contributed by atoms with Gasteiger partial charge in [0.15, 0.2) is 0 Å². The molecule has 2 atom stereocenters. The Morgan fingerprint density at radius 2 is 1.84 bits per heavy atom. The van der Waals surface area contributed by atoms with Crippen molar-refractivity contribution < 1.29 is 13.7 Å². The van der Waals surface area contributed by atoms with Gasteiger partial charge in [-0.15, -0.1) is 0 Å². The van der Waals surface area contributed by atoms with E-state index in [1.165, 1.54) is 0 Å². The monoisotopic (exact) mass is 470 g/mol. The molecule has 0 aliphatic carbocycles. The van der Waals surface area contributed by atoms with Crippen molar-refractivity contribution in [1.82, 2.24) is 0 Å². The average molecular weight is 470 g/mol. The zero-order chi connectivity index (χ0) is 17.9. The maximum Gasteiger partial charge on any atom is 0.122 e. The van der Waals surface area contributed by atoms with Crippen LogP contribution in [0, 0.1) is 6.92 Å². The molecule has 134 valence electrons. The molecule has 0 aliphatic heterocycles. The average Bonchev–Trinajstić information content (AvgIpc) is 2.63. The van der Waals surface area contributed by atoms with Gasteiger partial charge in [-0.25, -0.2) is 4.21 Å². The van der Waals surface area contributed by atoms with Crippen LogP contribution in [-0.2, 0) is 26.9 Å². The summed E-state index contributed by atoms with van der Waals surface area (Å²) in [5, 5.41) is 1.59. The number of hydrogen-bond donors (Lipinski definition) is 0. The predicted octanol–water partition coefficient (Wildman–Crippen LogP) is 5.00. The molecule has 0 spiro atoms. The van der Waals surface area contributed by atoms with Crippen LogP contribution in [0.3, 0.4) is 0 Å². The van der Waals surface area contributed by atoms with Gasteiger partial charge in [-0.3, -0.25) is 0 Å². The number of halogens is 1. The first-order valence-electron chi connectivity index (χ1n) is 8.16. The van der Waals surface area contributed by atoms with E-state index >= 15 is 0 Å². The molecule has 25 heavy (non-hydrogen) atoms. The minimum absolute atomic E-state index is 0.0353. The topological polar surface area (TPSA) is 35.5 Å². The molecule has 0 saturated carbocycles. The number of hydrogen-bond acceptors (Lipinski definition) is 3. The zero-order valence-electron chi connectivity index (χ0n) is 14.3. The lowest BCUT2D eigenvalue weighted by Crippen LogP contribution is -2.18. The molecule has 0 amide bonds. The van der Waals surface area contributed by atoms with Gasteiger partial charge in [0.25, 0.3) is 0 Å². The first kappa shape index (κ1) is 20.1. The van der Waals surface area contributed by atoms with E-state index in [-0.39, 0.29) is 6.10 Å². The Kier molecular flexibility index (Phi) is 9.21. The van der Waals surface area contributed by atoms with Crippen molar-refractivity contribution in [3.05, 3.63) is 77.4 Å². The van der Waals surface area contributed by atoms with E-state index in [1.807, 2.05) is 61.5 Å². The smallest absolute Gasteiger partial charge is 0.122 e. The number of ether oxygens (including phenoxy) is 2. The van der Waals surface area contributed by atoms with Gasteiger partial charge in [-0.2, -0.15) is 0 Å². The lowest BCUT2D eigenvalue weighted by molar-refractivity contribution is 0.0190. The van der Waals surface area contributed by atoms with E-state index in [2.05, 4.69) is 22.6 Å². The van der Waals surface area contributed by atoms with E-state index in [1.54, 1.807) is 11.7 Å². The van der Waals surface area contributed by atoms with Crippen LogP contribution >= 0.6 is 22.6 Å². The standard InChI is InChI=1S/C20H23IO3S/c1-17-7-9-20(10-8-17)25(22)14-13-24-19(11-12-21)16-23-15-18-5-3-2-4-6-18/h2-10,13-14,19H,11-12,15-16H2,1H3/b14-13+/t19-,25-/m0/s1. The summed E-state index contributed by atoms with van der Waals surface area (Å²) in [4.78, 5) is 0.774. The number of aryl methyl sites for hydroxylation is 1. The van der Waals surface area contributed by atoms with E-state index in [4.69, 9.17) is 9.47 Å². The predicted molar refractivity (Wildman–Crippen MR) is 111 cm³/mol. The maximum atomic E-state index is 12.2. The van der Waals surface area contributed by atoms with Crippen molar-refractivity contribution in [2.45, 2.75) is 31.0 Å². The number of alkyl halides is 1. The van der Waals surface area contributed by atoms with Crippen LogP contribution in [0.1, 0.15) is 17.5 Å². The van der Waals surface area contributed by atoms with Crippen molar-refractivity contribution in [2.75, 3.05) is 11.0 Å². The SMILES string of the molecule is Cc1ccc([S@@](=O)/C=C/O[C@@H](CCI)COCc2ccccc2)cc1. The van der Waals surface area contributed by atoms with Crippen molar-refractivity contribution in [2.24, 2.45) is 0 Å². The highest BCUT2D eigenvalue weighted by Gasteiger charge is 2.08. The molecule has 0 unspecified atom stereocenters. The molecule has 0 radical (unpaired) electrons. The molecule has 0 aliphatic rings. The van der Waals surface area contributed by atoms with Crippen molar-refractivity contribution >= 4 is 33.4 Å². The van der Waals surface area contributed by atoms with Gasteiger partial charge in [-0.05, 0) is 31.0 Å². The van der Waals surface area contributed by atoms with Crippen LogP contribution < -0.4 is 0 Å². The van der Waals surface area contributed by atoms with Crippen molar-refractivity contribution in [1.29, 1.82) is 0 Å². The molecule has 2 aromatic rings. The summed E-state index contributed by atoms with van der Waals surface area (Å²) in [6, 6.07) is 17.7. The van der Waals surface area contributed by atoms with Gasteiger partial charge < -0.3 is 9.47 Å². The van der Waals surface area contributed by atoms with E-state index < -0.39 is 10.8 Å². The fourth-order valence-corrected chi connectivity index (χ4v) is 3.56. The highest BCUT2D eigenvalue weighted by atomic mass is 127. The maximum absolute atomic E-state index is 12.2. The molecule has 3 nitrogen and oxygen atoms in total. The highest BCUT2D eigenvalue weighted by molar-refractivity contribution is 14.1. The van der Waals surface area contributed by atoms with Crippen molar-refractivity contribution in [3.8, 4) is 0 Å². The summed E-state index contributed by atoms with van der Waals surface area (Å²) in [5.41, 5.74) is 2.30. The Bertz CT molecular complexity index is 671. The van der Waals surface area contributed by atoms with E-state index in [0.717, 1.165) is 26.9 Å². The summed E-state index contributed by atoms with van der Waals surface area (Å²) in [5.74, 6) is 0. The lowest BCUT2D eigenvalue weighted by atomic mass is 10.2. The Labute approximate surface area is 166 Å². The number of benzene rings is 2. The van der Waals surface area contributed by atoms with Crippen LogP contribution in [-0.4, -0.2) is 21.3 Å². The van der Waals surface area contributed by atoms with Crippen LogP contribution in [0.2, 0.25) is 0 Å². The molecule has 5 heteroatoms. The molecular weight excluding hydrogens is 447 g/mol. The summed E-state index contributed by atoms with van der Waals surface area (Å²) < 4.78 is 24.7. The minimum Gasteiger partial charge on any atom is -0.495 e. The second kappa shape index (κ2) is 11.4. The second-order valence-electron chi connectivity index (χ2n) is 5.62. The molecule has 0 aromatic heterocycles. The molecule has 2 rings (SSSR count). The van der Waals surface area contributed by atoms with Gasteiger partial charge in [-0.1, -0.05) is 70.6 Å². The van der Waals surface area contributed by atoms with Gasteiger partial charge in [0.05, 0.1) is 30.3 Å². The van der Waals surface area contributed by atoms with Gasteiger partial charge in [0, 0.05) is 14.7 Å². The fourth-order valence-electron chi connectivity index (χ4n) is 2.14. The molecular formula is C20H23IO3S. The molecule has 0 heterocycles. The van der Waals surface area contributed by atoms with Gasteiger partial charge >= 0.3 is 0 Å². The highest BCUT2D eigenvalue weighted by Crippen LogP contribution is 2.11. The molecule has 2 aromatic carbocycles. The van der Waals surface area contributed by atoms with E-state index in [9.17, 15) is 4.21 Å². The summed E-state index contributed by atoms with van der Waals surface area (Å²) in [7, 11) is -1.20. The van der Waals surface area contributed by atoms with Crippen LogP contribution in [0.5, 0.6) is 0 Å². The zero-order valence-corrected chi connectivity index (χ0v) is 17.2. The Morgan fingerprint density at radius 3 is 2.52 bits per heavy atom. The Balaban J connectivity index is 1.79. The quantitative estimate of drug-likeness (QED) is 0.279. The fraction of sp³-hybridized carbons (Fsp3) is 0.300. The molecule has 0 N–H and O–H groups in total. The lowest BCUT2D eigenvalue weighted by Gasteiger charge is -2.15. The third kappa shape index (κ3) is 7.71. The number of rotatable bonds is 10. The third-order valence-corrected chi connectivity index (χ3v) is 5.27. The molecule has 0 bridgehead atoms. The third-order valence-electron chi connectivity index (χ3n) is 3.55.